The molecule has 0 saturated carbocycles. The number of hydrogen-bond donors (Lipinski definition) is 1. The summed E-state index contributed by atoms with van der Waals surface area (Å²) in [5, 5.41) is 3.22. The number of nitrogens with zero attached hydrogens (tertiary/aromatic N) is 1. The molecule has 0 aliphatic heterocycles. The van der Waals surface area contributed by atoms with Gasteiger partial charge in [-0.3, -0.25) is 4.98 Å². The molecule has 1 rings (SSSR count). The molecule has 18 heavy (non-hydrogen) atoms. The van der Waals surface area contributed by atoms with Crippen molar-refractivity contribution in [3.8, 4) is 0 Å². The topological polar surface area (TPSA) is 24.9 Å². The minimum absolute atomic E-state index is 0.535. The molecule has 0 fully saturated rings. The third-order valence-corrected chi connectivity index (χ3v) is 3.22. The molecule has 1 heterocycles. The van der Waals surface area contributed by atoms with Gasteiger partial charge in [-0.15, -0.1) is 0 Å². The maximum atomic E-state index is 4.63. The number of hydrogen-bond acceptors (Lipinski definition) is 2. The van der Waals surface area contributed by atoms with Gasteiger partial charge in [0, 0.05) is 30.1 Å². The summed E-state index contributed by atoms with van der Waals surface area (Å²) in [5.74, 6) is 1.78. The van der Waals surface area contributed by atoms with Crippen molar-refractivity contribution in [3.63, 3.8) is 0 Å². The van der Waals surface area contributed by atoms with E-state index in [0.29, 0.717) is 17.8 Å². The van der Waals surface area contributed by atoms with E-state index in [1.165, 1.54) is 11.3 Å². The molecule has 0 aliphatic rings. The van der Waals surface area contributed by atoms with E-state index in [9.17, 15) is 0 Å². The summed E-state index contributed by atoms with van der Waals surface area (Å²) in [6.45, 7) is 15.7. The van der Waals surface area contributed by atoms with Crippen molar-refractivity contribution < 1.29 is 0 Å². The van der Waals surface area contributed by atoms with Crippen LogP contribution < -0.4 is 5.32 Å². The van der Waals surface area contributed by atoms with Crippen molar-refractivity contribution in [1.29, 1.82) is 0 Å². The van der Waals surface area contributed by atoms with Crippen molar-refractivity contribution in [2.75, 3.05) is 0 Å². The van der Waals surface area contributed by atoms with Gasteiger partial charge in [-0.25, -0.2) is 0 Å². The van der Waals surface area contributed by atoms with Gasteiger partial charge < -0.3 is 5.32 Å². The Balaban J connectivity index is 2.77. The highest BCUT2D eigenvalue weighted by Gasteiger charge is 2.20. The summed E-state index contributed by atoms with van der Waals surface area (Å²) in [4.78, 5) is 4.63. The Morgan fingerprint density at radius 1 is 1.22 bits per heavy atom. The largest absolute Gasteiger partial charge is 0.385 e. The van der Waals surface area contributed by atoms with Crippen LogP contribution in [0.2, 0.25) is 0 Å². The van der Waals surface area contributed by atoms with E-state index < -0.39 is 0 Å². The van der Waals surface area contributed by atoms with Crippen LogP contribution in [0.5, 0.6) is 0 Å². The van der Waals surface area contributed by atoms with Crippen molar-refractivity contribution in [2.24, 2.45) is 11.8 Å². The Kier molecular flexibility index (Phi) is 5.39. The third kappa shape index (κ3) is 4.17. The van der Waals surface area contributed by atoms with Crippen LogP contribution in [-0.2, 0) is 6.54 Å². The Bertz CT molecular complexity index is 369. The molecular formula is C16H26N2. The molecule has 100 valence electrons. The molecule has 0 aromatic carbocycles. The molecule has 0 saturated heterocycles. The van der Waals surface area contributed by atoms with Gasteiger partial charge >= 0.3 is 0 Å². The SMILES string of the molecule is C=C(C)NCc1ccc(C(C(C)C)C(C)C)nc1. The van der Waals surface area contributed by atoms with Gasteiger partial charge in [-0.1, -0.05) is 40.3 Å². The Morgan fingerprint density at radius 2 is 1.83 bits per heavy atom. The highest BCUT2D eigenvalue weighted by atomic mass is 14.9. The zero-order valence-corrected chi connectivity index (χ0v) is 12.3. The molecule has 0 atom stereocenters. The summed E-state index contributed by atoms with van der Waals surface area (Å²) >= 11 is 0. The standard InChI is InChI=1S/C16H26N2/c1-11(2)16(12(3)4)15-8-7-14(10-18-15)9-17-13(5)6/h7-8,10-12,16-17H,5,9H2,1-4,6H3. The zero-order chi connectivity index (χ0) is 13.7. The quantitative estimate of drug-likeness (QED) is 0.817. The molecule has 1 N–H and O–H groups in total. The lowest BCUT2D eigenvalue weighted by Crippen LogP contribution is -2.15. The van der Waals surface area contributed by atoms with E-state index in [-0.39, 0.29) is 0 Å². The molecule has 0 unspecified atom stereocenters. The number of rotatable bonds is 6. The fourth-order valence-electron chi connectivity index (χ4n) is 2.44. The monoisotopic (exact) mass is 246 g/mol. The van der Waals surface area contributed by atoms with Gasteiger partial charge in [0.05, 0.1) is 0 Å². The summed E-state index contributed by atoms with van der Waals surface area (Å²) < 4.78 is 0. The molecule has 1 aromatic heterocycles. The first-order valence-electron chi connectivity index (χ1n) is 6.76. The number of allylic oxidation sites excluding steroid dienone is 1. The van der Waals surface area contributed by atoms with Gasteiger partial charge in [0.1, 0.15) is 0 Å². The second-order valence-electron chi connectivity index (χ2n) is 5.74. The fourth-order valence-corrected chi connectivity index (χ4v) is 2.44. The fraction of sp³-hybridized carbons (Fsp3) is 0.562. The van der Waals surface area contributed by atoms with Crippen LogP contribution in [0, 0.1) is 11.8 Å². The molecule has 0 aliphatic carbocycles. The summed E-state index contributed by atoms with van der Waals surface area (Å²) in [6, 6.07) is 4.33. The predicted octanol–water partition coefficient (Wildman–Crippen LogP) is 4.10. The van der Waals surface area contributed by atoms with Gasteiger partial charge in [-0.2, -0.15) is 0 Å². The van der Waals surface area contributed by atoms with Gasteiger partial charge in [0.25, 0.3) is 0 Å². The van der Waals surface area contributed by atoms with Crippen LogP contribution in [0.15, 0.2) is 30.6 Å². The number of aromatic nitrogens is 1. The maximum absolute atomic E-state index is 4.63. The van der Waals surface area contributed by atoms with Crippen LogP contribution in [0.3, 0.4) is 0 Å². The normalized spacial score (nSPS) is 11.3. The second-order valence-corrected chi connectivity index (χ2v) is 5.74. The minimum atomic E-state index is 0.535. The van der Waals surface area contributed by atoms with Crippen LogP contribution in [0.1, 0.15) is 51.8 Å². The molecule has 0 amide bonds. The zero-order valence-electron chi connectivity index (χ0n) is 12.3. The first kappa shape index (κ1) is 14.7. The van der Waals surface area contributed by atoms with Gasteiger partial charge in [0.2, 0.25) is 0 Å². The van der Waals surface area contributed by atoms with Crippen molar-refractivity contribution >= 4 is 0 Å². The van der Waals surface area contributed by atoms with Crippen molar-refractivity contribution in [1.82, 2.24) is 10.3 Å². The lowest BCUT2D eigenvalue weighted by atomic mass is 9.82. The molecule has 0 radical (unpaired) electrons. The maximum Gasteiger partial charge on any atom is 0.0439 e. The highest BCUT2D eigenvalue weighted by molar-refractivity contribution is 5.18. The van der Waals surface area contributed by atoms with E-state index in [1.54, 1.807) is 0 Å². The summed E-state index contributed by atoms with van der Waals surface area (Å²) in [6.07, 6.45) is 1.98. The van der Waals surface area contributed by atoms with Crippen LogP contribution >= 0.6 is 0 Å². The first-order valence-corrected chi connectivity index (χ1v) is 6.76. The van der Waals surface area contributed by atoms with E-state index >= 15 is 0 Å². The third-order valence-electron chi connectivity index (χ3n) is 3.22. The smallest absolute Gasteiger partial charge is 0.0439 e. The summed E-state index contributed by atoms with van der Waals surface area (Å²) in [5.41, 5.74) is 3.40. The molecule has 2 nitrogen and oxygen atoms in total. The van der Waals surface area contributed by atoms with E-state index in [1.807, 2.05) is 13.1 Å². The molecule has 0 bridgehead atoms. The van der Waals surface area contributed by atoms with Gasteiger partial charge in [0.15, 0.2) is 0 Å². The lowest BCUT2D eigenvalue weighted by molar-refractivity contribution is 0.380. The van der Waals surface area contributed by atoms with Crippen LogP contribution in [-0.4, -0.2) is 4.98 Å². The van der Waals surface area contributed by atoms with Crippen molar-refractivity contribution in [3.05, 3.63) is 41.9 Å². The van der Waals surface area contributed by atoms with Gasteiger partial charge in [-0.05, 0) is 30.4 Å². The van der Waals surface area contributed by atoms with E-state index in [2.05, 4.69) is 56.7 Å². The molecule has 1 aromatic rings. The summed E-state index contributed by atoms with van der Waals surface area (Å²) in [7, 11) is 0. The molecule has 2 heteroatoms. The first-order chi connectivity index (χ1) is 8.41. The second kappa shape index (κ2) is 6.58. The van der Waals surface area contributed by atoms with Crippen LogP contribution in [0.4, 0.5) is 0 Å². The minimum Gasteiger partial charge on any atom is -0.385 e. The lowest BCUT2D eigenvalue weighted by Gasteiger charge is -2.24. The number of pyridine rings is 1. The van der Waals surface area contributed by atoms with E-state index in [4.69, 9.17) is 0 Å². The van der Waals surface area contributed by atoms with Crippen molar-refractivity contribution in [2.45, 2.75) is 47.1 Å². The average molecular weight is 246 g/mol. The number of nitrogens with one attached hydrogen (secondary N) is 1. The van der Waals surface area contributed by atoms with E-state index in [0.717, 1.165) is 12.2 Å². The molecular weight excluding hydrogens is 220 g/mol. The highest BCUT2D eigenvalue weighted by Crippen LogP contribution is 2.30. The Morgan fingerprint density at radius 3 is 2.22 bits per heavy atom. The average Bonchev–Trinajstić information content (AvgIpc) is 2.27. The molecule has 0 spiro atoms. The Hall–Kier alpha value is -1.31. The van der Waals surface area contributed by atoms with Crippen LogP contribution in [0.25, 0.3) is 0 Å². The Labute approximate surface area is 112 Å². The predicted molar refractivity (Wildman–Crippen MR) is 78.3 cm³/mol.